The highest BCUT2D eigenvalue weighted by atomic mass is 32.1. The van der Waals surface area contributed by atoms with E-state index in [2.05, 4.69) is 15.6 Å². The second-order valence-electron chi connectivity index (χ2n) is 4.81. The molecule has 1 heterocycles. The van der Waals surface area contributed by atoms with E-state index in [9.17, 15) is 9.90 Å². The first-order valence-electron chi connectivity index (χ1n) is 6.91. The van der Waals surface area contributed by atoms with E-state index in [0.29, 0.717) is 16.6 Å². The molecule has 1 aromatic heterocycles. The third-order valence-electron chi connectivity index (χ3n) is 3.65. The van der Waals surface area contributed by atoms with Crippen molar-refractivity contribution in [2.24, 2.45) is 5.41 Å². The lowest BCUT2D eigenvalue weighted by Crippen LogP contribution is -2.39. The number of nitrogen functional groups attached to an aromatic ring is 1. The molecule has 6 nitrogen and oxygen atoms in total. The Bertz CT molecular complexity index is 435. The van der Waals surface area contributed by atoms with Crippen LogP contribution < -0.4 is 16.4 Å². The first kappa shape index (κ1) is 16.7. The summed E-state index contributed by atoms with van der Waals surface area (Å²) >= 11 is 1.24. The molecule has 5 N–H and O–H groups in total. The zero-order valence-corrected chi connectivity index (χ0v) is 13.1. The Morgan fingerprint density at radius 2 is 2.05 bits per heavy atom. The predicted octanol–water partition coefficient (Wildman–Crippen LogP) is 1.69. The van der Waals surface area contributed by atoms with Crippen molar-refractivity contribution in [2.75, 3.05) is 30.7 Å². The van der Waals surface area contributed by atoms with Gasteiger partial charge in [0.05, 0.1) is 6.61 Å². The lowest BCUT2D eigenvalue weighted by Gasteiger charge is -2.29. The van der Waals surface area contributed by atoms with Gasteiger partial charge in [-0.25, -0.2) is 4.98 Å². The second-order valence-corrected chi connectivity index (χ2v) is 5.81. The molecule has 0 atom stereocenters. The van der Waals surface area contributed by atoms with Gasteiger partial charge in [0.1, 0.15) is 10.7 Å². The Balaban J connectivity index is 2.71. The molecule has 1 aromatic rings. The summed E-state index contributed by atoms with van der Waals surface area (Å²) in [4.78, 5) is 16.7. The number of aromatic nitrogens is 1. The van der Waals surface area contributed by atoms with Crippen LogP contribution in [-0.4, -0.2) is 35.7 Å². The number of amides is 1. The molecule has 0 unspecified atom stereocenters. The molecule has 0 bridgehead atoms. The van der Waals surface area contributed by atoms with Gasteiger partial charge in [-0.05, 0) is 19.8 Å². The molecule has 0 aliphatic rings. The zero-order chi connectivity index (χ0) is 15.2. The largest absolute Gasteiger partial charge is 0.396 e. The second kappa shape index (κ2) is 7.44. The summed E-state index contributed by atoms with van der Waals surface area (Å²) in [5.74, 6) is 0.00919. The molecular formula is C13H24N4O2S. The van der Waals surface area contributed by atoms with Crippen LogP contribution in [0.1, 0.15) is 43.3 Å². The normalized spacial score (nSPS) is 11.4. The van der Waals surface area contributed by atoms with Gasteiger partial charge in [-0.1, -0.05) is 25.2 Å². The predicted molar refractivity (Wildman–Crippen MR) is 83.1 cm³/mol. The summed E-state index contributed by atoms with van der Waals surface area (Å²) in [6.07, 6.45) is 1.61. The maximum Gasteiger partial charge on any atom is 0.265 e. The average molecular weight is 300 g/mol. The first-order chi connectivity index (χ1) is 9.51. The number of nitrogens with two attached hydrogens (primary N) is 1. The van der Waals surface area contributed by atoms with Crippen molar-refractivity contribution >= 4 is 28.2 Å². The molecule has 0 aromatic carbocycles. The van der Waals surface area contributed by atoms with Gasteiger partial charge in [0, 0.05) is 18.5 Å². The minimum atomic E-state index is -0.264. The van der Waals surface area contributed by atoms with Crippen LogP contribution >= 0.6 is 11.3 Å². The number of rotatable bonds is 8. The van der Waals surface area contributed by atoms with Crippen molar-refractivity contribution in [1.82, 2.24) is 10.3 Å². The molecular weight excluding hydrogens is 276 g/mol. The van der Waals surface area contributed by atoms with E-state index in [1.165, 1.54) is 11.3 Å². The van der Waals surface area contributed by atoms with Crippen LogP contribution in [0.4, 0.5) is 10.9 Å². The Hall–Kier alpha value is -1.34. The zero-order valence-electron chi connectivity index (χ0n) is 12.3. The highest BCUT2D eigenvalue weighted by molar-refractivity contribution is 7.18. The van der Waals surface area contributed by atoms with Crippen LogP contribution in [0.2, 0.25) is 0 Å². The summed E-state index contributed by atoms with van der Waals surface area (Å²) < 4.78 is 0. The monoisotopic (exact) mass is 300 g/mol. The van der Waals surface area contributed by atoms with Crippen molar-refractivity contribution < 1.29 is 9.90 Å². The van der Waals surface area contributed by atoms with Gasteiger partial charge in [0.25, 0.3) is 5.91 Å². The van der Waals surface area contributed by atoms with Gasteiger partial charge in [0.15, 0.2) is 5.13 Å². The molecule has 0 aliphatic heterocycles. The summed E-state index contributed by atoms with van der Waals surface area (Å²) in [6, 6.07) is 0. The highest BCUT2D eigenvalue weighted by Gasteiger charge is 2.27. The Labute approximate surface area is 123 Å². The Morgan fingerprint density at radius 3 is 2.55 bits per heavy atom. The third-order valence-corrected chi connectivity index (χ3v) is 4.67. The van der Waals surface area contributed by atoms with Crippen LogP contribution in [0, 0.1) is 5.41 Å². The maximum atomic E-state index is 12.1. The topological polar surface area (TPSA) is 100 Å². The SMILES string of the molecule is CCNc1nc(N)c(C(=O)NCC(CC)(CC)CO)s1. The van der Waals surface area contributed by atoms with E-state index >= 15 is 0 Å². The number of nitrogens with zero attached hydrogens (tertiary/aromatic N) is 1. The van der Waals surface area contributed by atoms with E-state index in [-0.39, 0.29) is 23.7 Å². The molecule has 1 amide bonds. The Kier molecular flexibility index (Phi) is 6.22. The highest BCUT2D eigenvalue weighted by Crippen LogP contribution is 2.27. The van der Waals surface area contributed by atoms with Gasteiger partial charge in [-0.15, -0.1) is 0 Å². The fourth-order valence-electron chi connectivity index (χ4n) is 1.85. The minimum absolute atomic E-state index is 0.0566. The van der Waals surface area contributed by atoms with E-state index in [4.69, 9.17) is 5.73 Å². The molecule has 0 spiro atoms. The van der Waals surface area contributed by atoms with Crippen molar-refractivity contribution in [3.63, 3.8) is 0 Å². The van der Waals surface area contributed by atoms with E-state index in [1.54, 1.807) is 0 Å². The third kappa shape index (κ3) is 3.83. The fourth-order valence-corrected chi connectivity index (χ4v) is 2.72. The maximum absolute atomic E-state index is 12.1. The van der Waals surface area contributed by atoms with Crippen molar-refractivity contribution in [1.29, 1.82) is 0 Å². The van der Waals surface area contributed by atoms with Crippen molar-refractivity contribution in [3.8, 4) is 0 Å². The van der Waals surface area contributed by atoms with Crippen molar-refractivity contribution in [3.05, 3.63) is 4.88 Å². The number of nitrogens with one attached hydrogen (secondary N) is 2. The number of aliphatic hydroxyl groups is 1. The lowest BCUT2D eigenvalue weighted by molar-refractivity contribution is 0.0855. The number of anilines is 2. The number of carbonyl (C=O) groups excluding carboxylic acids is 1. The molecule has 7 heteroatoms. The van der Waals surface area contributed by atoms with Gasteiger partial charge >= 0.3 is 0 Å². The van der Waals surface area contributed by atoms with Gasteiger partial charge in [-0.2, -0.15) is 0 Å². The molecule has 0 saturated carbocycles. The molecule has 20 heavy (non-hydrogen) atoms. The minimum Gasteiger partial charge on any atom is -0.396 e. The number of aliphatic hydroxyl groups excluding tert-OH is 1. The first-order valence-corrected chi connectivity index (χ1v) is 7.72. The number of thiazole rings is 1. The average Bonchev–Trinajstić information content (AvgIpc) is 2.82. The van der Waals surface area contributed by atoms with Crippen LogP contribution in [0.15, 0.2) is 0 Å². The van der Waals surface area contributed by atoms with Crippen LogP contribution in [-0.2, 0) is 0 Å². The summed E-state index contributed by atoms with van der Waals surface area (Å²) in [5, 5.41) is 16.0. The van der Waals surface area contributed by atoms with Crippen LogP contribution in [0.5, 0.6) is 0 Å². The number of hydrogen-bond donors (Lipinski definition) is 4. The van der Waals surface area contributed by atoms with E-state index in [1.807, 2.05) is 20.8 Å². The summed E-state index contributed by atoms with van der Waals surface area (Å²) in [7, 11) is 0. The number of carbonyl (C=O) groups is 1. The fraction of sp³-hybridized carbons (Fsp3) is 0.692. The van der Waals surface area contributed by atoms with E-state index < -0.39 is 0 Å². The van der Waals surface area contributed by atoms with Crippen molar-refractivity contribution in [2.45, 2.75) is 33.6 Å². The summed E-state index contributed by atoms with van der Waals surface area (Å²) in [6.45, 7) is 7.19. The summed E-state index contributed by atoms with van der Waals surface area (Å²) in [5.41, 5.74) is 5.49. The molecule has 1 rings (SSSR count). The standard InChI is InChI=1S/C13H24N4O2S/c1-4-13(5-2,8-18)7-16-11(19)9-10(14)17-12(20-9)15-6-3/h18H,4-8,14H2,1-3H3,(H,15,17)(H,16,19). The lowest BCUT2D eigenvalue weighted by atomic mass is 9.83. The Morgan fingerprint density at radius 1 is 1.40 bits per heavy atom. The van der Waals surface area contributed by atoms with Gasteiger partial charge in [0.2, 0.25) is 0 Å². The quantitative estimate of drug-likeness (QED) is 0.585. The molecule has 114 valence electrons. The van der Waals surface area contributed by atoms with Gasteiger partial charge < -0.3 is 21.5 Å². The molecule has 0 saturated heterocycles. The van der Waals surface area contributed by atoms with Crippen LogP contribution in [0.25, 0.3) is 0 Å². The van der Waals surface area contributed by atoms with E-state index in [0.717, 1.165) is 19.4 Å². The smallest absolute Gasteiger partial charge is 0.265 e. The molecule has 0 aliphatic carbocycles. The van der Waals surface area contributed by atoms with Gasteiger partial charge in [-0.3, -0.25) is 4.79 Å². The number of hydrogen-bond acceptors (Lipinski definition) is 6. The van der Waals surface area contributed by atoms with Crippen LogP contribution in [0.3, 0.4) is 0 Å². The molecule has 0 radical (unpaired) electrons. The molecule has 0 fully saturated rings.